The second-order valence-corrected chi connectivity index (χ2v) is 4.48. The van der Waals surface area contributed by atoms with Gasteiger partial charge in [0.05, 0.1) is 18.4 Å². The van der Waals surface area contributed by atoms with Gasteiger partial charge in [-0.05, 0) is 0 Å². The lowest BCUT2D eigenvalue weighted by molar-refractivity contribution is -0.252. The van der Waals surface area contributed by atoms with Crippen molar-refractivity contribution >= 4 is 17.6 Å². The zero-order valence-electron chi connectivity index (χ0n) is 10.3. The summed E-state index contributed by atoms with van der Waals surface area (Å²) in [6, 6.07) is -2.40. The van der Waals surface area contributed by atoms with Crippen LogP contribution in [0.25, 0.3) is 0 Å². The molecule has 1 fully saturated rings. The van der Waals surface area contributed by atoms with Crippen LogP contribution in [0, 0.1) is 4.91 Å². The summed E-state index contributed by atoms with van der Waals surface area (Å²) in [5.41, 5.74) is 0. The lowest BCUT2D eigenvalue weighted by Gasteiger charge is -2.40. The average molecular weight is 314 g/mol. The van der Waals surface area contributed by atoms with Crippen molar-refractivity contribution in [2.45, 2.75) is 30.6 Å². The number of aliphatic hydroxyl groups excluding tert-OH is 4. The van der Waals surface area contributed by atoms with Crippen LogP contribution in [0.15, 0.2) is 5.29 Å². The largest absolute Gasteiger partial charge is 0.394 e. The first kappa shape index (κ1) is 17.0. The van der Waals surface area contributed by atoms with Crippen LogP contribution >= 0.6 is 11.6 Å². The molecule has 0 aromatic heterocycles. The zero-order valence-corrected chi connectivity index (χ0v) is 11.0. The van der Waals surface area contributed by atoms with Crippen molar-refractivity contribution in [1.29, 1.82) is 0 Å². The maximum absolute atomic E-state index is 11.6. The van der Waals surface area contributed by atoms with E-state index in [4.69, 9.17) is 21.4 Å². The first-order chi connectivity index (χ1) is 9.46. The molecule has 0 aromatic carbocycles. The number of nitrogens with zero attached hydrogens (tertiary/aromatic N) is 2. The molecule has 1 aliphatic rings. The van der Waals surface area contributed by atoms with Gasteiger partial charge in [-0.15, -0.1) is 16.5 Å². The quantitative estimate of drug-likeness (QED) is 0.218. The van der Waals surface area contributed by atoms with Gasteiger partial charge in [-0.3, -0.25) is 0 Å². The molecule has 0 saturated carbocycles. The van der Waals surface area contributed by atoms with Gasteiger partial charge < -0.3 is 30.5 Å². The minimum atomic E-state index is -1.67. The normalized spacial score (nSPS) is 33.5. The maximum atomic E-state index is 11.6. The number of nitrogens with one attached hydrogen (secondary N) is 1. The molecular formula is C9H16ClN3O7. The van der Waals surface area contributed by atoms with E-state index in [1.165, 1.54) is 0 Å². The Morgan fingerprint density at radius 3 is 2.50 bits per heavy atom. The fraction of sp³-hybridized carbons (Fsp3) is 0.889. The number of alkyl halides is 1. The van der Waals surface area contributed by atoms with E-state index in [-0.39, 0.29) is 12.4 Å². The minimum Gasteiger partial charge on any atom is -0.394 e. The van der Waals surface area contributed by atoms with Crippen molar-refractivity contribution < 1.29 is 30.0 Å². The van der Waals surface area contributed by atoms with E-state index in [9.17, 15) is 25.0 Å². The molecule has 2 amide bonds. The monoisotopic (exact) mass is 313 g/mol. The van der Waals surface area contributed by atoms with Crippen molar-refractivity contribution in [3.63, 3.8) is 0 Å². The molecule has 0 radical (unpaired) electrons. The molecule has 0 aromatic rings. The highest BCUT2D eigenvalue weighted by molar-refractivity contribution is 6.18. The summed E-state index contributed by atoms with van der Waals surface area (Å²) >= 11 is 5.37. The van der Waals surface area contributed by atoms with Gasteiger partial charge in [0, 0.05) is 5.88 Å². The first-order valence-corrected chi connectivity index (χ1v) is 6.27. The molecule has 1 heterocycles. The van der Waals surface area contributed by atoms with E-state index in [1.807, 2.05) is 0 Å². The molecule has 11 heteroatoms. The summed E-state index contributed by atoms with van der Waals surface area (Å²) < 4.78 is 4.83. The Morgan fingerprint density at radius 1 is 1.35 bits per heavy atom. The third-order valence-electron chi connectivity index (χ3n) is 2.82. The second-order valence-electron chi connectivity index (χ2n) is 4.10. The Balaban J connectivity index is 2.70. The van der Waals surface area contributed by atoms with Gasteiger partial charge in [0.2, 0.25) is 0 Å². The van der Waals surface area contributed by atoms with E-state index < -0.39 is 43.3 Å². The molecule has 1 aliphatic heterocycles. The molecule has 0 bridgehead atoms. The third-order valence-corrected chi connectivity index (χ3v) is 2.99. The van der Waals surface area contributed by atoms with Crippen LogP contribution in [0.3, 0.4) is 0 Å². The number of amides is 2. The highest BCUT2D eigenvalue weighted by Crippen LogP contribution is 2.19. The highest BCUT2D eigenvalue weighted by Gasteiger charge is 2.44. The number of carbonyl (C=O) groups is 1. The van der Waals surface area contributed by atoms with Crippen molar-refractivity contribution in [3.05, 3.63) is 4.91 Å². The number of carbonyl (C=O) groups excluding carboxylic acids is 1. The molecule has 1 saturated heterocycles. The van der Waals surface area contributed by atoms with Crippen molar-refractivity contribution in [1.82, 2.24) is 10.3 Å². The van der Waals surface area contributed by atoms with Crippen LogP contribution in [0.1, 0.15) is 0 Å². The second kappa shape index (κ2) is 7.67. The topological polar surface area (TPSA) is 152 Å². The van der Waals surface area contributed by atoms with Crippen LogP contribution in [0.5, 0.6) is 0 Å². The standard InChI is InChI=1S/C9H16ClN3O7/c10-1-2-13(12-19)9(18)11-5-7(16)6(15)4(3-14)20-8(5)17/h4-8,14-17H,1-3H2,(H,11,18)/t4-,5-,6-,7-,8?/m1/s1. The van der Waals surface area contributed by atoms with Gasteiger partial charge in [-0.25, -0.2) is 4.79 Å². The molecule has 116 valence electrons. The average Bonchev–Trinajstić information content (AvgIpc) is 2.44. The van der Waals surface area contributed by atoms with Crippen molar-refractivity contribution in [3.8, 4) is 0 Å². The van der Waals surface area contributed by atoms with Gasteiger partial charge in [0.1, 0.15) is 24.4 Å². The highest BCUT2D eigenvalue weighted by atomic mass is 35.5. The maximum Gasteiger partial charge on any atom is 0.340 e. The van der Waals surface area contributed by atoms with Gasteiger partial charge in [-0.2, -0.15) is 5.01 Å². The van der Waals surface area contributed by atoms with Gasteiger partial charge in [-0.1, -0.05) is 0 Å². The van der Waals surface area contributed by atoms with E-state index >= 15 is 0 Å². The molecule has 0 spiro atoms. The Kier molecular flexibility index (Phi) is 6.52. The predicted octanol–water partition coefficient (Wildman–Crippen LogP) is -2.28. The molecular weight excluding hydrogens is 298 g/mol. The molecule has 0 aliphatic carbocycles. The Labute approximate surface area is 118 Å². The summed E-state index contributed by atoms with van der Waals surface area (Å²) in [6.07, 6.45) is -5.96. The Morgan fingerprint density at radius 2 is 2.00 bits per heavy atom. The van der Waals surface area contributed by atoms with Crippen molar-refractivity contribution in [2.75, 3.05) is 19.0 Å². The Hall–Kier alpha value is -1.04. The lowest BCUT2D eigenvalue weighted by Crippen LogP contribution is -2.65. The van der Waals surface area contributed by atoms with E-state index in [0.29, 0.717) is 5.01 Å². The molecule has 20 heavy (non-hydrogen) atoms. The number of halogens is 1. The summed E-state index contributed by atoms with van der Waals surface area (Å²) in [5, 5.41) is 42.9. The zero-order chi connectivity index (χ0) is 15.3. The SMILES string of the molecule is O=NN(CCCl)C(=O)N[C@H]1C(O)O[C@H](CO)[C@@H](O)[C@@H]1O. The van der Waals surface area contributed by atoms with Crippen LogP contribution in [-0.4, -0.2) is 81.1 Å². The molecule has 1 unspecified atom stereocenters. The fourth-order valence-electron chi connectivity index (χ4n) is 1.73. The molecule has 10 nitrogen and oxygen atoms in total. The van der Waals surface area contributed by atoms with Crippen molar-refractivity contribution in [2.24, 2.45) is 5.29 Å². The van der Waals surface area contributed by atoms with Gasteiger partial charge in [0.15, 0.2) is 6.29 Å². The van der Waals surface area contributed by atoms with Gasteiger partial charge in [0.25, 0.3) is 0 Å². The summed E-state index contributed by atoms with van der Waals surface area (Å²) in [6.45, 7) is -0.789. The lowest BCUT2D eigenvalue weighted by atomic mass is 9.97. The van der Waals surface area contributed by atoms with E-state index in [0.717, 1.165) is 0 Å². The number of hydrogen-bond acceptors (Lipinski definition) is 8. The number of aliphatic hydroxyl groups is 4. The number of nitroso groups, excluding NO2 is 1. The van der Waals surface area contributed by atoms with Crippen LogP contribution in [-0.2, 0) is 4.74 Å². The predicted molar refractivity (Wildman–Crippen MR) is 65.5 cm³/mol. The Bertz CT molecular complexity index is 348. The third kappa shape index (κ3) is 3.75. The number of urea groups is 1. The smallest absolute Gasteiger partial charge is 0.340 e. The summed E-state index contributed by atoms with van der Waals surface area (Å²) in [5.74, 6) is -0.0410. The van der Waals surface area contributed by atoms with Crippen LogP contribution in [0.2, 0.25) is 0 Å². The van der Waals surface area contributed by atoms with Crippen LogP contribution in [0.4, 0.5) is 4.79 Å². The summed E-state index contributed by atoms with van der Waals surface area (Å²) in [7, 11) is 0. The number of hydrogen-bond donors (Lipinski definition) is 5. The molecule has 1 rings (SSSR count). The molecule has 5 N–H and O–H groups in total. The van der Waals surface area contributed by atoms with Crippen LogP contribution < -0.4 is 5.32 Å². The van der Waals surface area contributed by atoms with E-state index in [2.05, 4.69) is 10.6 Å². The van der Waals surface area contributed by atoms with E-state index in [1.54, 1.807) is 0 Å². The van der Waals surface area contributed by atoms with Gasteiger partial charge >= 0.3 is 6.03 Å². The minimum absolute atomic E-state index is 0.0410. The number of rotatable bonds is 5. The summed E-state index contributed by atoms with van der Waals surface area (Å²) in [4.78, 5) is 22.1. The number of ether oxygens (including phenoxy) is 1. The molecule has 5 atom stereocenters. The first-order valence-electron chi connectivity index (χ1n) is 5.74. The fourth-order valence-corrected chi connectivity index (χ4v) is 1.89.